The summed E-state index contributed by atoms with van der Waals surface area (Å²) in [6, 6.07) is 4.47. The third kappa shape index (κ3) is 2.44. The van der Waals surface area contributed by atoms with Crippen molar-refractivity contribution in [2.75, 3.05) is 0 Å². The molecule has 1 aromatic carbocycles. The maximum Gasteiger partial charge on any atom is 0.416 e. The fourth-order valence-corrected chi connectivity index (χ4v) is 1.40. The van der Waals surface area contributed by atoms with E-state index in [0.29, 0.717) is 0 Å². The van der Waals surface area contributed by atoms with E-state index in [2.05, 4.69) is 15.4 Å². The van der Waals surface area contributed by atoms with Crippen molar-refractivity contribution in [2.24, 2.45) is 0 Å². The lowest BCUT2D eigenvalue weighted by molar-refractivity contribution is -0.137. The average molecular weight is 243 g/mol. The Morgan fingerprint density at radius 1 is 1.29 bits per heavy atom. The van der Waals surface area contributed by atoms with E-state index in [1.54, 1.807) is 0 Å². The van der Waals surface area contributed by atoms with E-state index in [9.17, 15) is 18.3 Å². The summed E-state index contributed by atoms with van der Waals surface area (Å²) in [5.41, 5.74) is -0.518. The molecule has 0 aliphatic heterocycles. The second-order valence-electron chi connectivity index (χ2n) is 3.42. The van der Waals surface area contributed by atoms with Crippen molar-refractivity contribution < 1.29 is 18.3 Å². The largest absolute Gasteiger partial charge is 0.416 e. The summed E-state index contributed by atoms with van der Waals surface area (Å²) in [5, 5.41) is 19.2. The number of aliphatic hydroxyl groups excluding tert-OH is 1. The second kappa shape index (κ2) is 4.17. The van der Waals surface area contributed by atoms with Crippen LogP contribution >= 0.6 is 0 Å². The van der Waals surface area contributed by atoms with Gasteiger partial charge in [-0.15, -0.1) is 0 Å². The van der Waals surface area contributed by atoms with Gasteiger partial charge in [-0.25, -0.2) is 0 Å². The first kappa shape index (κ1) is 11.6. The van der Waals surface area contributed by atoms with Crippen molar-refractivity contribution >= 4 is 0 Å². The molecule has 0 aliphatic carbocycles. The SMILES string of the molecule is OC(c1cccc(C(F)(F)F)c1)c1cn[nH]n1. The number of halogens is 3. The standard InChI is InChI=1S/C10H8F3N3O/c11-10(12,13)7-3-1-2-6(4-7)9(17)8-5-14-16-15-8/h1-5,9,17H,(H,14,15,16). The van der Waals surface area contributed by atoms with Crippen LogP contribution in [0.3, 0.4) is 0 Å². The number of rotatable bonds is 2. The Kier molecular flexibility index (Phi) is 2.84. The van der Waals surface area contributed by atoms with Crippen LogP contribution in [-0.4, -0.2) is 20.5 Å². The summed E-state index contributed by atoms with van der Waals surface area (Å²) in [4.78, 5) is 0. The number of aromatic amines is 1. The molecule has 0 bridgehead atoms. The summed E-state index contributed by atoms with van der Waals surface area (Å²) in [6.45, 7) is 0. The first-order valence-corrected chi connectivity index (χ1v) is 4.69. The Hall–Kier alpha value is -1.89. The lowest BCUT2D eigenvalue weighted by atomic mass is 10.0. The Morgan fingerprint density at radius 3 is 2.65 bits per heavy atom. The summed E-state index contributed by atoms with van der Waals surface area (Å²) >= 11 is 0. The average Bonchev–Trinajstić information content (AvgIpc) is 2.80. The fourth-order valence-electron chi connectivity index (χ4n) is 1.40. The minimum atomic E-state index is -4.43. The fraction of sp³-hybridized carbons (Fsp3) is 0.200. The molecule has 0 amide bonds. The Morgan fingerprint density at radius 2 is 2.06 bits per heavy atom. The molecule has 90 valence electrons. The summed E-state index contributed by atoms with van der Waals surface area (Å²) in [7, 11) is 0. The molecule has 0 radical (unpaired) electrons. The number of hydrogen-bond acceptors (Lipinski definition) is 3. The van der Waals surface area contributed by atoms with Gasteiger partial charge in [0, 0.05) is 0 Å². The molecule has 2 N–H and O–H groups in total. The second-order valence-corrected chi connectivity index (χ2v) is 3.42. The Labute approximate surface area is 94.1 Å². The third-order valence-corrected chi connectivity index (χ3v) is 2.24. The molecule has 1 atom stereocenters. The first-order chi connectivity index (χ1) is 7.98. The van der Waals surface area contributed by atoms with E-state index >= 15 is 0 Å². The monoisotopic (exact) mass is 243 g/mol. The third-order valence-electron chi connectivity index (χ3n) is 2.24. The first-order valence-electron chi connectivity index (χ1n) is 4.69. The number of alkyl halides is 3. The molecule has 1 unspecified atom stereocenters. The molecule has 1 aromatic heterocycles. The van der Waals surface area contributed by atoms with E-state index in [-0.39, 0.29) is 11.3 Å². The van der Waals surface area contributed by atoms with Gasteiger partial charge in [0.25, 0.3) is 0 Å². The minimum absolute atomic E-state index is 0.119. The van der Waals surface area contributed by atoms with Gasteiger partial charge in [0.1, 0.15) is 11.8 Å². The Balaban J connectivity index is 2.34. The van der Waals surface area contributed by atoms with Crippen LogP contribution in [0.1, 0.15) is 22.9 Å². The van der Waals surface area contributed by atoms with Gasteiger partial charge in [0.15, 0.2) is 0 Å². The van der Waals surface area contributed by atoms with E-state index in [1.165, 1.54) is 18.3 Å². The van der Waals surface area contributed by atoms with Crippen molar-refractivity contribution in [1.82, 2.24) is 15.4 Å². The molecule has 0 fully saturated rings. The highest BCUT2D eigenvalue weighted by Crippen LogP contribution is 2.31. The van der Waals surface area contributed by atoms with Crippen molar-refractivity contribution in [3.8, 4) is 0 Å². The number of benzene rings is 1. The van der Waals surface area contributed by atoms with Gasteiger partial charge < -0.3 is 5.11 Å². The van der Waals surface area contributed by atoms with E-state index in [4.69, 9.17) is 0 Å². The van der Waals surface area contributed by atoms with E-state index in [1.807, 2.05) is 0 Å². The maximum atomic E-state index is 12.5. The molecule has 4 nitrogen and oxygen atoms in total. The van der Waals surface area contributed by atoms with E-state index < -0.39 is 17.8 Å². The summed E-state index contributed by atoms with van der Waals surface area (Å²) in [6.07, 6.45) is -4.40. The van der Waals surface area contributed by atoms with Crippen LogP contribution in [0, 0.1) is 0 Å². The van der Waals surface area contributed by atoms with Crippen LogP contribution in [0.4, 0.5) is 13.2 Å². The zero-order chi connectivity index (χ0) is 12.5. The van der Waals surface area contributed by atoms with Crippen LogP contribution < -0.4 is 0 Å². The van der Waals surface area contributed by atoms with Crippen molar-refractivity contribution in [2.45, 2.75) is 12.3 Å². The molecule has 0 aliphatic rings. The smallest absolute Gasteiger partial charge is 0.382 e. The zero-order valence-electron chi connectivity index (χ0n) is 8.44. The number of aromatic nitrogens is 3. The molecule has 0 saturated carbocycles. The Bertz CT molecular complexity index is 496. The van der Waals surface area contributed by atoms with Gasteiger partial charge >= 0.3 is 6.18 Å². The van der Waals surface area contributed by atoms with Gasteiger partial charge in [-0.3, -0.25) is 0 Å². The molecule has 17 heavy (non-hydrogen) atoms. The molecule has 0 spiro atoms. The molecular formula is C10H8F3N3O. The number of nitrogens with zero attached hydrogens (tertiary/aromatic N) is 2. The predicted octanol–water partition coefficient (Wildman–Crippen LogP) is 1.91. The predicted molar refractivity (Wildman–Crippen MR) is 51.9 cm³/mol. The number of aliphatic hydroxyl groups is 1. The van der Waals surface area contributed by atoms with Gasteiger partial charge in [0.05, 0.1) is 11.8 Å². The molecule has 0 saturated heterocycles. The number of hydrogen-bond donors (Lipinski definition) is 2. The highest BCUT2D eigenvalue weighted by molar-refractivity contribution is 5.30. The van der Waals surface area contributed by atoms with Crippen molar-refractivity contribution in [1.29, 1.82) is 0 Å². The number of nitrogens with one attached hydrogen (secondary N) is 1. The summed E-state index contributed by atoms with van der Waals surface area (Å²) < 4.78 is 37.4. The molecule has 2 rings (SSSR count). The van der Waals surface area contributed by atoms with Crippen LogP contribution in [-0.2, 0) is 6.18 Å². The van der Waals surface area contributed by atoms with Gasteiger partial charge in [-0.05, 0) is 17.7 Å². The van der Waals surface area contributed by atoms with Gasteiger partial charge in [0.2, 0.25) is 0 Å². The molecule has 7 heteroatoms. The number of H-pyrrole nitrogens is 1. The molecular weight excluding hydrogens is 235 g/mol. The van der Waals surface area contributed by atoms with Gasteiger partial charge in [-0.1, -0.05) is 12.1 Å². The van der Waals surface area contributed by atoms with Crippen molar-refractivity contribution in [3.63, 3.8) is 0 Å². The zero-order valence-corrected chi connectivity index (χ0v) is 8.44. The van der Waals surface area contributed by atoms with Crippen molar-refractivity contribution in [3.05, 3.63) is 47.3 Å². The van der Waals surface area contributed by atoms with Crippen LogP contribution in [0.15, 0.2) is 30.5 Å². The van der Waals surface area contributed by atoms with Gasteiger partial charge in [-0.2, -0.15) is 28.6 Å². The highest BCUT2D eigenvalue weighted by Gasteiger charge is 2.31. The molecule has 2 aromatic rings. The minimum Gasteiger partial charge on any atom is -0.382 e. The topological polar surface area (TPSA) is 61.8 Å². The molecule has 1 heterocycles. The lowest BCUT2D eigenvalue weighted by Gasteiger charge is -2.11. The normalized spacial score (nSPS) is 13.6. The maximum absolute atomic E-state index is 12.5. The lowest BCUT2D eigenvalue weighted by Crippen LogP contribution is -2.07. The van der Waals surface area contributed by atoms with Crippen LogP contribution in [0.5, 0.6) is 0 Å². The summed E-state index contributed by atoms with van der Waals surface area (Å²) in [5.74, 6) is 0. The highest BCUT2D eigenvalue weighted by atomic mass is 19.4. The quantitative estimate of drug-likeness (QED) is 0.846. The van der Waals surface area contributed by atoms with Crippen LogP contribution in [0.25, 0.3) is 0 Å². The van der Waals surface area contributed by atoms with Crippen LogP contribution in [0.2, 0.25) is 0 Å². The van der Waals surface area contributed by atoms with E-state index in [0.717, 1.165) is 12.1 Å².